The van der Waals surface area contributed by atoms with E-state index in [9.17, 15) is 13.2 Å². The summed E-state index contributed by atoms with van der Waals surface area (Å²) in [5.74, 6) is -0.442. The summed E-state index contributed by atoms with van der Waals surface area (Å²) in [5, 5.41) is 4.08. The highest BCUT2D eigenvalue weighted by molar-refractivity contribution is 9.10. The number of nitrogens with zero attached hydrogens (tertiary/aromatic N) is 2. The zero-order valence-corrected chi connectivity index (χ0v) is 13.3. The van der Waals surface area contributed by atoms with Crippen LogP contribution >= 0.6 is 15.9 Å². The Bertz CT molecular complexity index is 561. The molecule has 1 rings (SSSR count). The molecule has 5 nitrogen and oxygen atoms in total. The lowest BCUT2D eigenvalue weighted by atomic mass is 10.1. The number of hydrogen-bond acceptors (Lipinski definition) is 4. The molecule has 0 N–H and O–H groups in total. The molecule has 0 unspecified atom stereocenters. The molecule has 0 saturated carbocycles. The van der Waals surface area contributed by atoms with Crippen molar-refractivity contribution in [3.63, 3.8) is 0 Å². The standard InChI is InChI=1S/C11H17BrN2O3S/c1-5-6-14-9(8(12)7-13-14)10(15)11(2,3)18(4,16)17/h7H,5-6H2,1-4H3. The number of carbonyl (C=O) groups excluding carboxylic acids is 1. The third-order valence-corrected chi connectivity index (χ3v) is 5.54. The van der Waals surface area contributed by atoms with Gasteiger partial charge < -0.3 is 0 Å². The minimum Gasteiger partial charge on any atom is -0.291 e. The van der Waals surface area contributed by atoms with Crippen molar-refractivity contribution >= 4 is 31.6 Å². The summed E-state index contributed by atoms with van der Waals surface area (Å²) in [5.41, 5.74) is 0.312. The van der Waals surface area contributed by atoms with Gasteiger partial charge in [0.15, 0.2) is 9.84 Å². The lowest BCUT2D eigenvalue weighted by Crippen LogP contribution is -2.41. The minimum absolute atomic E-state index is 0.312. The first-order chi connectivity index (χ1) is 8.13. The number of carbonyl (C=O) groups is 1. The Hall–Kier alpha value is -0.690. The summed E-state index contributed by atoms with van der Waals surface area (Å²) in [6, 6.07) is 0. The summed E-state index contributed by atoms with van der Waals surface area (Å²) < 4.78 is 24.0. The maximum Gasteiger partial charge on any atom is 0.202 e. The second-order valence-corrected chi connectivity index (χ2v) is 8.10. The zero-order chi connectivity index (χ0) is 14.1. The van der Waals surface area contributed by atoms with Crippen molar-refractivity contribution < 1.29 is 13.2 Å². The lowest BCUT2D eigenvalue weighted by molar-refractivity contribution is 0.0942. The van der Waals surface area contributed by atoms with Crippen LogP contribution < -0.4 is 0 Å². The number of sulfone groups is 1. The molecule has 0 radical (unpaired) electrons. The van der Waals surface area contributed by atoms with Gasteiger partial charge in [-0.2, -0.15) is 5.10 Å². The van der Waals surface area contributed by atoms with Gasteiger partial charge in [0.2, 0.25) is 5.78 Å². The second kappa shape index (κ2) is 5.13. The van der Waals surface area contributed by atoms with Crippen LogP contribution in [0.2, 0.25) is 0 Å². The SMILES string of the molecule is CCCn1ncc(Br)c1C(=O)C(C)(C)S(C)(=O)=O. The van der Waals surface area contributed by atoms with Gasteiger partial charge in [0.25, 0.3) is 0 Å². The van der Waals surface area contributed by atoms with Crippen LogP contribution in [-0.2, 0) is 16.4 Å². The van der Waals surface area contributed by atoms with E-state index in [0.717, 1.165) is 12.7 Å². The molecule has 1 aromatic heterocycles. The predicted molar refractivity (Wildman–Crippen MR) is 73.5 cm³/mol. The Labute approximate surface area is 116 Å². The topological polar surface area (TPSA) is 69.0 Å². The van der Waals surface area contributed by atoms with Crippen LogP contribution in [0.25, 0.3) is 0 Å². The second-order valence-electron chi connectivity index (χ2n) is 4.68. The van der Waals surface area contributed by atoms with Crippen molar-refractivity contribution in [1.29, 1.82) is 0 Å². The molecule has 18 heavy (non-hydrogen) atoms. The maximum absolute atomic E-state index is 12.4. The Morgan fingerprint density at radius 2 is 2.06 bits per heavy atom. The van der Waals surface area contributed by atoms with Crippen molar-refractivity contribution in [2.45, 2.75) is 38.5 Å². The highest BCUT2D eigenvalue weighted by atomic mass is 79.9. The molecule has 0 fully saturated rings. The van der Waals surface area contributed by atoms with Crippen molar-refractivity contribution in [2.75, 3.05) is 6.26 Å². The maximum atomic E-state index is 12.4. The van der Waals surface area contributed by atoms with E-state index in [1.54, 1.807) is 4.68 Å². The van der Waals surface area contributed by atoms with Crippen LogP contribution in [0.4, 0.5) is 0 Å². The van der Waals surface area contributed by atoms with Crippen molar-refractivity contribution in [1.82, 2.24) is 9.78 Å². The van der Waals surface area contributed by atoms with Crippen LogP contribution in [0, 0.1) is 0 Å². The van der Waals surface area contributed by atoms with Gasteiger partial charge in [-0.25, -0.2) is 8.42 Å². The highest BCUT2D eigenvalue weighted by Crippen LogP contribution is 2.26. The molecule has 0 bridgehead atoms. The lowest BCUT2D eigenvalue weighted by Gasteiger charge is -2.21. The number of hydrogen-bond donors (Lipinski definition) is 0. The van der Waals surface area contributed by atoms with E-state index in [1.807, 2.05) is 6.92 Å². The molecule has 0 aliphatic carbocycles. The smallest absolute Gasteiger partial charge is 0.202 e. The monoisotopic (exact) mass is 336 g/mol. The fourth-order valence-electron chi connectivity index (χ4n) is 1.42. The van der Waals surface area contributed by atoms with Crippen molar-refractivity contribution in [2.24, 2.45) is 0 Å². The van der Waals surface area contributed by atoms with E-state index < -0.39 is 20.4 Å². The molecule has 0 saturated heterocycles. The van der Waals surface area contributed by atoms with Crippen LogP contribution in [0.5, 0.6) is 0 Å². The minimum atomic E-state index is -3.49. The van der Waals surface area contributed by atoms with Gasteiger partial charge in [0.1, 0.15) is 10.4 Å². The summed E-state index contributed by atoms with van der Waals surface area (Å²) in [4.78, 5) is 12.4. The molecule has 0 atom stereocenters. The van der Waals surface area contributed by atoms with Gasteiger partial charge in [-0.05, 0) is 36.2 Å². The number of aryl methyl sites for hydroxylation is 1. The van der Waals surface area contributed by atoms with E-state index in [1.165, 1.54) is 20.0 Å². The van der Waals surface area contributed by atoms with Crippen molar-refractivity contribution in [3.05, 3.63) is 16.4 Å². The largest absolute Gasteiger partial charge is 0.291 e. The number of Topliss-reactive ketones (excluding diaryl/α,β-unsaturated/α-hetero) is 1. The van der Waals surface area contributed by atoms with Gasteiger partial charge in [-0.15, -0.1) is 0 Å². The van der Waals surface area contributed by atoms with Gasteiger partial charge >= 0.3 is 0 Å². The zero-order valence-electron chi connectivity index (χ0n) is 10.9. The number of ketones is 1. The van der Waals surface area contributed by atoms with E-state index in [4.69, 9.17) is 0 Å². The van der Waals surface area contributed by atoms with E-state index >= 15 is 0 Å². The van der Waals surface area contributed by atoms with Crippen LogP contribution in [0.15, 0.2) is 10.7 Å². The third-order valence-electron chi connectivity index (χ3n) is 2.92. The number of aromatic nitrogens is 2. The first kappa shape index (κ1) is 15.4. The Morgan fingerprint density at radius 1 is 1.50 bits per heavy atom. The van der Waals surface area contributed by atoms with E-state index in [0.29, 0.717) is 16.7 Å². The number of rotatable bonds is 5. The van der Waals surface area contributed by atoms with Crippen molar-refractivity contribution in [3.8, 4) is 0 Å². The quantitative estimate of drug-likeness (QED) is 0.771. The fourth-order valence-corrected chi connectivity index (χ4v) is 2.33. The molecule has 102 valence electrons. The molecule has 7 heteroatoms. The molecular formula is C11H17BrN2O3S. The molecule has 0 aromatic carbocycles. The molecule has 0 aliphatic rings. The molecule has 1 heterocycles. The number of halogens is 1. The van der Waals surface area contributed by atoms with E-state index in [-0.39, 0.29) is 0 Å². The summed E-state index contributed by atoms with van der Waals surface area (Å²) in [6.07, 6.45) is 3.40. The fraction of sp³-hybridized carbons (Fsp3) is 0.636. The van der Waals surface area contributed by atoms with Crippen LogP contribution in [0.1, 0.15) is 37.7 Å². The average molecular weight is 337 g/mol. The van der Waals surface area contributed by atoms with Crippen LogP contribution in [0.3, 0.4) is 0 Å². The molecular weight excluding hydrogens is 320 g/mol. The Balaban J connectivity index is 3.31. The molecule has 0 spiro atoms. The summed E-state index contributed by atoms with van der Waals surface area (Å²) in [6.45, 7) is 5.37. The third kappa shape index (κ3) is 2.66. The normalized spacial score (nSPS) is 12.7. The molecule has 0 aliphatic heterocycles. The molecule has 0 amide bonds. The highest BCUT2D eigenvalue weighted by Gasteiger charge is 2.41. The summed E-state index contributed by atoms with van der Waals surface area (Å²) >= 11 is 3.25. The predicted octanol–water partition coefficient (Wildman–Crippen LogP) is 2.06. The molecule has 1 aromatic rings. The Morgan fingerprint density at radius 3 is 2.50 bits per heavy atom. The van der Waals surface area contributed by atoms with Crippen LogP contribution in [-0.4, -0.2) is 35.0 Å². The summed E-state index contributed by atoms with van der Waals surface area (Å²) in [7, 11) is -3.49. The van der Waals surface area contributed by atoms with Gasteiger partial charge in [-0.1, -0.05) is 6.92 Å². The Kier molecular flexibility index (Phi) is 4.38. The average Bonchev–Trinajstić information content (AvgIpc) is 2.58. The van der Waals surface area contributed by atoms with Gasteiger partial charge in [-0.3, -0.25) is 9.48 Å². The first-order valence-corrected chi connectivity index (χ1v) is 8.27. The van der Waals surface area contributed by atoms with Gasteiger partial charge in [0, 0.05) is 12.8 Å². The first-order valence-electron chi connectivity index (χ1n) is 5.58. The van der Waals surface area contributed by atoms with E-state index in [2.05, 4.69) is 21.0 Å². The van der Waals surface area contributed by atoms with Gasteiger partial charge in [0.05, 0.1) is 10.7 Å².